The molecule has 23 heavy (non-hydrogen) atoms. The van der Waals surface area contributed by atoms with E-state index in [1.807, 2.05) is 30.3 Å². The largest absolute Gasteiger partial charge is 0.461 e. The second-order valence-electron chi connectivity index (χ2n) is 5.82. The molecule has 6 heteroatoms. The summed E-state index contributed by atoms with van der Waals surface area (Å²) < 4.78 is 5.14. The number of hydrogen-bond donors (Lipinski definition) is 1. The predicted octanol–water partition coefficient (Wildman–Crippen LogP) is 2.54. The highest BCUT2D eigenvalue weighted by molar-refractivity contribution is 8.13. The Morgan fingerprint density at radius 1 is 1.17 bits per heavy atom. The lowest BCUT2D eigenvalue weighted by Crippen LogP contribution is -2.39. The number of carbonyl (C=O) groups excluding carboxylic acids is 3. The van der Waals surface area contributed by atoms with Crippen molar-refractivity contribution < 1.29 is 19.1 Å². The lowest BCUT2D eigenvalue weighted by atomic mass is 9.95. The first kappa shape index (κ1) is 19.2. The van der Waals surface area contributed by atoms with Gasteiger partial charge in [-0.2, -0.15) is 0 Å². The average molecular weight is 337 g/mol. The smallest absolute Gasteiger partial charge is 0.307 e. The van der Waals surface area contributed by atoms with Crippen LogP contribution in [0, 0.1) is 5.41 Å². The monoisotopic (exact) mass is 337 g/mol. The Morgan fingerprint density at radius 3 is 2.43 bits per heavy atom. The molecular weight excluding hydrogens is 314 g/mol. The van der Waals surface area contributed by atoms with Gasteiger partial charge in [0, 0.05) is 19.2 Å². The maximum Gasteiger partial charge on any atom is 0.307 e. The molecule has 0 atom stereocenters. The number of carbonyl (C=O) groups is 3. The van der Waals surface area contributed by atoms with Crippen LogP contribution >= 0.6 is 11.8 Å². The van der Waals surface area contributed by atoms with E-state index in [-0.39, 0.29) is 36.6 Å². The highest BCUT2D eigenvalue weighted by Crippen LogP contribution is 2.22. The van der Waals surface area contributed by atoms with Crippen molar-refractivity contribution in [1.82, 2.24) is 5.32 Å². The average Bonchev–Trinajstić information content (AvgIpc) is 2.52. The molecule has 0 saturated heterocycles. The van der Waals surface area contributed by atoms with Crippen LogP contribution in [-0.2, 0) is 25.7 Å². The molecule has 0 aliphatic rings. The molecule has 0 fully saturated rings. The van der Waals surface area contributed by atoms with Crippen LogP contribution in [0.25, 0.3) is 0 Å². The van der Waals surface area contributed by atoms with Gasteiger partial charge in [-0.25, -0.2) is 0 Å². The first-order valence-corrected chi connectivity index (χ1v) is 8.41. The van der Waals surface area contributed by atoms with E-state index in [0.717, 1.165) is 17.3 Å². The zero-order valence-electron chi connectivity index (χ0n) is 13.8. The fourth-order valence-electron chi connectivity index (χ4n) is 1.68. The van der Waals surface area contributed by atoms with Gasteiger partial charge in [-0.15, -0.1) is 0 Å². The van der Waals surface area contributed by atoms with Crippen molar-refractivity contribution in [3.8, 4) is 0 Å². The number of nitrogens with one attached hydrogen (secondary N) is 1. The minimum atomic E-state index is -0.662. The molecule has 1 amide bonds. The summed E-state index contributed by atoms with van der Waals surface area (Å²) in [7, 11) is 0. The van der Waals surface area contributed by atoms with Crippen molar-refractivity contribution >= 4 is 28.8 Å². The van der Waals surface area contributed by atoms with Crippen LogP contribution in [-0.4, -0.2) is 29.3 Å². The van der Waals surface area contributed by atoms with E-state index in [1.54, 1.807) is 13.8 Å². The molecule has 0 spiro atoms. The SMILES string of the molecule is CC(=O)SCC(C)(C)C(=O)NCCC(=O)OCc1ccccc1. The molecule has 0 aliphatic heterocycles. The van der Waals surface area contributed by atoms with Crippen LogP contribution in [0.5, 0.6) is 0 Å². The van der Waals surface area contributed by atoms with Gasteiger partial charge in [-0.05, 0) is 5.56 Å². The fraction of sp³-hybridized carbons (Fsp3) is 0.471. The zero-order chi connectivity index (χ0) is 17.3. The van der Waals surface area contributed by atoms with Crippen molar-refractivity contribution in [2.45, 2.75) is 33.8 Å². The second-order valence-corrected chi connectivity index (χ2v) is 6.97. The number of hydrogen-bond acceptors (Lipinski definition) is 5. The zero-order valence-corrected chi connectivity index (χ0v) is 14.6. The van der Waals surface area contributed by atoms with Gasteiger partial charge in [0.1, 0.15) is 6.61 Å². The van der Waals surface area contributed by atoms with E-state index in [2.05, 4.69) is 5.32 Å². The quantitative estimate of drug-likeness (QED) is 0.738. The fourth-order valence-corrected chi connectivity index (χ4v) is 2.37. The van der Waals surface area contributed by atoms with E-state index >= 15 is 0 Å². The standard InChI is InChI=1S/C17H23NO4S/c1-13(19)23-12-17(2,3)16(21)18-10-9-15(20)22-11-14-7-5-4-6-8-14/h4-8H,9-12H2,1-3H3,(H,18,21). The topological polar surface area (TPSA) is 72.5 Å². The van der Waals surface area contributed by atoms with Crippen LogP contribution in [0.4, 0.5) is 0 Å². The first-order valence-electron chi connectivity index (χ1n) is 7.42. The van der Waals surface area contributed by atoms with Crippen molar-refractivity contribution in [2.75, 3.05) is 12.3 Å². The Bertz CT molecular complexity index is 543. The number of esters is 1. The molecule has 0 aliphatic carbocycles. The number of rotatable bonds is 8. The summed E-state index contributed by atoms with van der Waals surface area (Å²) in [6.07, 6.45) is 0.120. The molecule has 1 aromatic rings. The molecule has 5 nitrogen and oxygen atoms in total. The first-order chi connectivity index (χ1) is 10.8. The van der Waals surface area contributed by atoms with Crippen molar-refractivity contribution in [1.29, 1.82) is 0 Å². The van der Waals surface area contributed by atoms with Gasteiger partial charge in [0.05, 0.1) is 11.8 Å². The number of amides is 1. The Balaban J connectivity index is 2.25. The molecule has 0 radical (unpaired) electrons. The van der Waals surface area contributed by atoms with Crippen molar-refractivity contribution in [2.24, 2.45) is 5.41 Å². The number of ether oxygens (including phenoxy) is 1. The number of thioether (sulfide) groups is 1. The third-order valence-electron chi connectivity index (χ3n) is 3.11. The van der Waals surface area contributed by atoms with Gasteiger partial charge in [-0.3, -0.25) is 14.4 Å². The number of benzene rings is 1. The summed E-state index contributed by atoms with van der Waals surface area (Å²) >= 11 is 1.12. The second kappa shape index (κ2) is 9.35. The maximum absolute atomic E-state index is 12.1. The molecule has 0 saturated carbocycles. The molecule has 126 valence electrons. The van der Waals surface area contributed by atoms with Gasteiger partial charge >= 0.3 is 5.97 Å². The third kappa shape index (κ3) is 7.83. The highest BCUT2D eigenvalue weighted by atomic mass is 32.2. The molecule has 1 N–H and O–H groups in total. The van der Waals surface area contributed by atoms with Crippen LogP contribution in [0.2, 0.25) is 0 Å². The summed E-state index contributed by atoms with van der Waals surface area (Å²) in [5.41, 5.74) is 0.261. The van der Waals surface area contributed by atoms with Crippen molar-refractivity contribution in [3.63, 3.8) is 0 Å². The summed E-state index contributed by atoms with van der Waals surface area (Å²) in [4.78, 5) is 34.7. The van der Waals surface area contributed by atoms with E-state index in [0.29, 0.717) is 5.75 Å². The van der Waals surface area contributed by atoms with Gasteiger partial charge < -0.3 is 10.1 Å². The molecule has 0 heterocycles. The molecule has 1 rings (SSSR count). The van der Waals surface area contributed by atoms with E-state index < -0.39 is 5.41 Å². The van der Waals surface area contributed by atoms with E-state index in [9.17, 15) is 14.4 Å². The van der Waals surface area contributed by atoms with Crippen molar-refractivity contribution in [3.05, 3.63) is 35.9 Å². The minimum Gasteiger partial charge on any atom is -0.461 e. The van der Waals surface area contributed by atoms with E-state index in [4.69, 9.17) is 4.74 Å². The minimum absolute atomic E-state index is 0.0182. The Kier molecular flexibility index (Phi) is 7.81. The maximum atomic E-state index is 12.1. The Hall–Kier alpha value is -1.82. The van der Waals surface area contributed by atoms with Gasteiger partial charge in [-0.1, -0.05) is 55.9 Å². The molecule has 0 unspecified atom stereocenters. The van der Waals surface area contributed by atoms with Gasteiger partial charge in [0.2, 0.25) is 5.91 Å². The van der Waals surface area contributed by atoms with Crippen LogP contribution in [0.3, 0.4) is 0 Å². The molecular formula is C17H23NO4S. The Labute approximate surface area is 141 Å². The highest BCUT2D eigenvalue weighted by Gasteiger charge is 2.28. The summed E-state index contributed by atoms with van der Waals surface area (Å²) in [5.74, 6) is -0.126. The lowest BCUT2D eigenvalue weighted by Gasteiger charge is -2.22. The normalized spacial score (nSPS) is 10.9. The summed E-state index contributed by atoms with van der Waals surface area (Å²) in [6.45, 7) is 5.47. The van der Waals surface area contributed by atoms with Gasteiger partial charge in [0.15, 0.2) is 5.12 Å². The van der Waals surface area contributed by atoms with Gasteiger partial charge in [0.25, 0.3) is 0 Å². The van der Waals surface area contributed by atoms with Crippen LogP contribution in [0.1, 0.15) is 32.8 Å². The predicted molar refractivity (Wildman–Crippen MR) is 90.8 cm³/mol. The van der Waals surface area contributed by atoms with E-state index in [1.165, 1.54) is 6.92 Å². The summed E-state index contributed by atoms with van der Waals surface area (Å²) in [5, 5.41) is 2.69. The Morgan fingerprint density at radius 2 is 1.83 bits per heavy atom. The molecule has 0 bridgehead atoms. The van der Waals surface area contributed by atoms with Crippen LogP contribution < -0.4 is 5.32 Å². The lowest BCUT2D eigenvalue weighted by molar-refractivity contribution is -0.144. The van der Waals surface area contributed by atoms with Crippen LogP contribution in [0.15, 0.2) is 30.3 Å². The molecule has 0 aromatic heterocycles. The third-order valence-corrected chi connectivity index (χ3v) is 4.38. The molecule has 1 aromatic carbocycles. The summed E-state index contributed by atoms with van der Waals surface area (Å²) in [6, 6.07) is 9.41.